The smallest absolute Gasteiger partial charge is 0.345 e. The molecule has 0 saturated carbocycles. The van der Waals surface area contributed by atoms with E-state index in [-0.39, 0.29) is 24.3 Å². The molecule has 0 aromatic rings. The van der Waals surface area contributed by atoms with Crippen LogP contribution in [0.2, 0.25) is 0 Å². The van der Waals surface area contributed by atoms with Gasteiger partial charge in [0.25, 0.3) is 5.91 Å². The Morgan fingerprint density at radius 3 is 3.06 bits per heavy atom. The second kappa shape index (κ2) is 4.15. The minimum atomic E-state index is -0.523. The predicted octanol–water partition coefficient (Wildman–Crippen LogP) is 0.327. The number of hydrogen-bond donors (Lipinski definition) is 0. The Bertz CT molecular complexity index is 351. The summed E-state index contributed by atoms with van der Waals surface area (Å²) in [6.07, 6.45) is 3.68. The van der Waals surface area contributed by atoms with Crippen molar-refractivity contribution in [3.05, 3.63) is 11.8 Å². The zero-order valence-electron chi connectivity index (χ0n) is 9.60. The van der Waals surface area contributed by atoms with Gasteiger partial charge in [0, 0.05) is 19.8 Å². The maximum Gasteiger partial charge on any atom is 0.345 e. The van der Waals surface area contributed by atoms with Crippen LogP contribution in [0.15, 0.2) is 11.8 Å². The van der Waals surface area contributed by atoms with E-state index in [0.717, 1.165) is 19.4 Å². The molecule has 16 heavy (non-hydrogen) atoms. The van der Waals surface area contributed by atoms with Crippen molar-refractivity contribution in [1.82, 2.24) is 9.80 Å². The van der Waals surface area contributed by atoms with Gasteiger partial charge in [-0.05, 0) is 19.8 Å². The van der Waals surface area contributed by atoms with Crippen LogP contribution in [-0.2, 0) is 14.3 Å². The Hall–Kier alpha value is -1.52. The molecule has 0 radical (unpaired) electrons. The molecule has 1 unspecified atom stereocenters. The molecule has 0 spiro atoms. The van der Waals surface area contributed by atoms with Gasteiger partial charge in [0.05, 0.1) is 6.61 Å². The maximum absolute atomic E-state index is 12.0. The minimum absolute atomic E-state index is 0.116. The first-order valence-corrected chi connectivity index (χ1v) is 5.57. The summed E-state index contributed by atoms with van der Waals surface area (Å²) in [4.78, 5) is 27.2. The Balaban J connectivity index is 2.23. The monoisotopic (exact) mass is 224 g/mol. The van der Waals surface area contributed by atoms with Crippen molar-refractivity contribution >= 4 is 11.9 Å². The van der Waals surface area contributed by atoms with E-state index in [1.54, 1.807) is 18.0 Å². The zero-order valence-corrected chi connectivity index (χ0v) is 9.60. The third kappa shape index (κ3) is 1.66. The molecule has 5 heteroatoms. The molecule has 0 aromatic carbocycles. The molecular formula is C11H16N2O3. The number of rotatable bonds is 2. The normalized spacial score (nSPS) is 24.2. The van der Waals surface area contributed by atoms with Gasteiger partial charge >= 0.3 is 5.97 Å². The predicted molar refractivity (Wildman–Crippen MR) is 57.2 cm³/mol. The third-order valence-electron chi connectivity index (χ3n) is 3.01. The lowest BCUT2D eigenvalue weighted by atomic mass is 10.2. The van der Waals surface area contributed by atoms with Crippen LogP contribution in [0.25, 0.3) is 0 Å². The lowest BCUT2D eigenvalue weighted by Crippen LogP contribution is -2.49. The van der Waals surface area contributed by atoms with E-state index in [1.165, 1.54) is 0 Å². The van der Waals surface area contributed by atoms with E-state index >= 15 is 0 Å². The van der Waals surface area contributed by atoms with Crippen molar-refractivity contribution in [2.75, 3.05) is 20.2 Å². The Kier molecular flexibility index (Phi) is 2.85. The topological polar surface area (TPSA) is 49.9 Å². The van der Waals surface area contributed by atoms with Gasteiger partial charge in [0.2, 0.25) is 0 Å². The molecule has 0 aliphatic carbocycles. The Labute approximate surface area is 94.6 Å². The van der Waals surface area contributed by atoms with Crippen molar-refractivity contribution in [3.8, 4) is 0 Å². The van der Waals surface area contributed by atoms with Crippen LogP contribution >= 0.6 is 0 Å². The van der Waals surface area contributed by atoms with Crippen LogP contribution in [0.5, 0.6) is 0 Å². The highest BCUT2D eigenvalue weighted by Crippen LogP contribution is 2.26. The molecular weight excluding hydrogens is 208 g/mol. The van der Waals surface area contributed by atoms with E-state index in [4.69, 9.17) is 4.74 Å². The van der Waals surface area contributed by atoms with Gasteiger partial charge < -0.3 is 14.5 Å². The minimum Gasteiger partial charge on any atom is -0.462 e. The van der Waals surface area contributed by atoms with Crippen LogP contribution in [0, 0.1) is 0 Å². The number of nitrogens with zero attached hydrogens (tertiary/aromatic N) is 2. The van der Waals surface area contributed by atoms with Gasteiger partial charge in [0.1, 0.15) is 11.7 Å². The molecule has 2 heterocycles. The summed E-state index contributed by atoms with van der Waals surface area (Å²) in [7, 11) is 1.88. The Morgan fingerprint density at radius 2 is 2.38 bits per heavy atom. The number of hydrogen-bond acceptors (Lipinski definition) is 4. The fraction of sp³-hybridized carbons (Fsp3) is 0.636. The lowest BCUT2D eigenvalue weighted by Gasteiger charge is -2.36. The summed E-state index contributed by atoms with van der Waals surface area (Å²) in [6.45, 7) is 2.75. The van der Waals surface area contributed by atoms with Gasteiger partial charge in [0.15, 0.2) is 0 Å². The number of fused-ring (bicyclic) bond motifs is 1. The first kappa shape index (κ1) is 11.0. The summed E-state index contributed by atoms with van der Waals surface area (Å²) < 4.78 is 4.87. The number of carbonyl (C=O) groups excluding carboxylic acids is 2. The van der Waals surface area contributed by atoms with Gasteiger partial charge in [-0.15, -0.1) is 0 Å². The maximum atomic E-state index is 12.0. The first-order valence-electron chi connectivity index (χ1n) is 5.57. The molecule has 88 valence electrons. The molecule has 2 aliphatic rings. The van der Waals surface area contributed by atoms with Crippen molar-refractivity contribution in [1.29, 1.82) is 0 Å². The Morgan fingerprint density at radius 1 is 1.62 bits per heavy atom. The summed E-state index contributed by atoms with van der Waals surface area (Å²) in [5, 5.41) is 0. The fourth-order valence-electron chi connectivity index (χ4n) is 2.26. The van der Waals surface area contributed by atoms with Gasteiger partial charge in [-0.3, -0.25) is 4.79 Å². The van der Waals surface area contributed by atoms with Gasteiger partial charge in [-0.1, -0.05) is 0 Å². The summed E-state index contributed by atoms with van der Waals surface area (Å²) in [5.74, 6) is -0.719. The highest BCUT2D eigenvalue weighted by molar-refractivity contribution is 6.16. The van der Waals surface area contributed by atoms with Gasteiger partial charge in [-0.2, -0.15) is 0 Å². The average Bonchev–Trinajstić information content (AvgIpc) is 2.73. The lowest BCUT2D eigenvalue weighted by molar-refractivity contribution is -0.144. The SMILES string of the molecule is CCOC(=O)C1=CN(C)C2CCCN2C1=O. The van der Waals surface area contributed by atoms with E-state index in [2.05, 4.69) is 0 Å². The quantitative estimate of drug-likeness (QED) is 0.501. The molecule has 5 nitrogen and oxygen atoms in total. The van der Waals surface area contributed by atoms with Crippen molar-refractivity contribution in [3.63, 3.8) is 0 Å². The molecule has 1 fully saturated rings. The summed E-state index contributed by atoms with van der Waals surface area (Å²) in [5.41, 5.74) is 0.141. The first-order chi connectivity index (χ1) is 7.65. The largest absolute Gasteiger partial charge is 0.462 e. The van der Waals surface area contributed by atoms with Gasteiger partial charge in [-0.25, -0.2) is 4.79 Å². The van der Waals surface area contributed by atoms with E-state index in [1.807, 2.05) is 11.9 Å². The molecule has 1 atom stereocenters. The summed E-state index contributed by atoms with van der Waals surface area (Å²) >= 11 is 0. The number of carbonyl (C=O) groups is 2. The van der Waals surface area contributed by atoms with Crippen LogP contribution in [-0.4, -0.2) is 48.0 Å². The standard InChI is InChI=1S/C11H16N2O3/c1-3-16-11(15)8-7-12(2)9-5-4-6-13(9)10(8)14/h7,9H,3-6H2,1-2H3. The molecule has 0 bridgehead atoms. The molecule has 2 aliphatic heterocycles. The molecule has 0 N–H and O–H groups in total. The van der Waals surface area contributed by atoms with Crippen LogP contribution in [0.4, 0.5) is 0 Å². The van der Waals surface area contributed by atoms with Crippen molar-refractivity contribution in [2.24, 2.45) is 0 Å². The van der Waals surface area contributed by atoms with E-state index in [0.29, 0.717) is 0 Å². The second-order valence-electron chi connectivity index (χ2n) is 4.05. The van der Waals surface area contributed by atoms with E-state index in [9.17, 15) is 9.59 Å². The average molecular weight is 224 g/mol. The molecule has 0 aromatic heterocycles. The summed E-state index contributed by atoms with van der Waals surface area (Å²) in [6, 6.07) is 0. The molecule has 1 saturated heterocycles. The zero-order chi connectivity index (χ0) is 11.7. The van der Waals surface area contributed by atoms with Crippen LogP contribution in [0.3, 0.4) is 0 Å². The molecule has 1 amide bonds. The van der Waals surface area contributed by atoms with E-state index < -0.39 is 5.97 Å². The highest BCUT2D eigenvalue weighted by Gasteiger charge is 2.39. The van der Waals surface area contributed by atoms with Crippen LogP contribution in [0.1, 0.15) is 19.8 Å². The highest BCUT2D eigenvalue weighted by atomic mass is 16.5. The van der Waals surface area contributed by atoms with Crippen LogP contribution < -0.4 is 0 Å². The number of amides is 1. The number of ether oxygens (including phenoxy) is 1. The van der Waals surface area contributed by atoms with Crippen molar-refractivity contribution < 1.29 is 14.3 Å². The second-order valence-corrected chi connectivity index (χ2v) is 4.05. The van der Waals surface area contributed by atoms with Crippen molar-refractivity contribution in [2.45, 2.75) is 25.9 Å². The third-order valence-corrected chi connectivity index (χ3v) is 3.01. The molecule has 2 rings (SSSR count). The number of esters is 1. The fourth-order valence-corrected chi connectivity index (χ4v) is 2.26.